The van der Waals surface area contributed by atoms with E-state index < -0.39 is 17.7 Å². The Hall–Kier alpha value is -1.87. The Morgan fingerprint density at radius 1 is 1.30 bits per heavy atom. The summed E-state index contributed by atoms with van der Waals surface area (Å²) in [6.45, 7) is 9.55. The number of amides is 1. The number of hydrogen-bond acceptors (Lipinski definition) is 7. The third-order valence-corrected chi connectivity index (χ3v) is 6.20. The fourth-order valence-electron chi connectivity index (χ4n) is 4.26. The zero-order valence-corrected chi connectivity index (χ0v) is 19.7. The number of nitrogens with zero attached hydrogens (tertiary/aromatic N) is 2. The molecule has 1 aromatic rings. The molecule has 8 nitrogen and oxygen atoms in total. The number of carbonyl (C=O) groups excluding carboxylic acids is 2. The second-order valence-electron chi connectivity index (χ2n) is 8.98. The normalized spacial score (nSPS) is 23.3. The molecule has 166 valence electrons. The summed E-state index contributed by atoms with van der Waals surface area (Å²) >= 11 is 3.32. The second kappa shape index (κ2) is 8.70. The lowest BCUT2D eigenvalue weighted by molar-refractivity contribution is 0.0433. The molecule has 0 aliphatic carbocycles. The van der Waals surface area contributed by atoms with Crippen LogP contribution in [0.2, 0.25) is 0 Å². The molecule has 2 atom stereocenters. The highest BCUT2D eigenvalue weighted by atomic mass is 79.9. The van der Waals surface area contributed by atoms with Gasteiger partial charge in [0.25, 0.3) is 0 Å². The summed E-state index contributed by atoms with van der Waals surface area (Å²) in [5.41, 5.74) is 0.328. The number of esters is 1. The minimum atomic E-state index is -0.553. The maximum absolute atomic E-state index is 12.4. The average Bonchev–Trinajstić information content (AvgIpc) is 2.96. The fraction of sp³-hybridized carbons (Fsp3) is 0.667. The molecule has 0 radical (unpaired) electrons. The van der Waals surface area contributed by atoms with E-state index in [1.165, 1.54) is 7.11 Å². The molecule has 2 aliphatic heterocycles. The first-order chi connectivity index (χ1) is 14.0. The quantitative estimate of drug-likeness (QED) is 0.519. The largest absolute Gasteiger partial charge is 0.464 e. The Balaban J connectivity index is 1.73. The average molecular weight is 484 g/mol. The maximum atomic E-state index is 12.4. The van der Waals surface area contributed by atoms with Gasteiger partial charge < -0.3 is 24.4 Å². The second-order valence-corrected chi connectivity index (χ2v) is 9.80. The Morgan fingerprint density at radius 3 is 2.57 bits per heavy atom. The highest BCUT2D eigenvalue weighted by Crippen LogP contribution is 2.43. The van der Waals surface area contributed by atoms with E-state index in [1.54, 1.807) is 0 Å². The van der Waals surface area contributed by atoms with Gasteiger partial charge in [0.15, 0.2) is 5.69 Å². The molecule has 9 heteroatoms. The zero-order valence-electron chi connectivity index (χ0n) is 18.2. The van der Waals surface area contributed by atoms with Gasteiger partial charge in [-0.2, -0.15) is 0 Å². The molecule has 0 unspecified atom stereocenters. The summed E-state index contributed by atoms with van der Waals surface area (Å²) in [6, 6.07) is 3.57. The number of ether oxygens (including phenoxy) is 3. The molecule has 0 bridgehead atoms. The van der Waals surface area contributed by atoms with Gasteiger partial charge in [0.2, 0.25) is 0 Å². The van der Waals surface area contributed by atoms with Crippen molar-refractivity contribution in [2.24, 2.45) is 5.41 Å². The lowest BCUT2D eigenvalue weighted by Crippen LogP contribution is -2.55. The first-order valence-electron chi connectivity index (χ1n) is 10.2. The van der Waals surface area contributed by atoms with Crippen molar-refractivity contribution in [2.45, 2.75) is 58.3 Å². The number of hydrogen-bond donors (Lipinski definition) is 1. The van der Waals surface area contributed by atoms with E-state index in [9.17, 15) is 9.59 Å². The van der Waals surface area contributed by atoms with E-state index in [0.717, 1.165) is 31.6 Å². The molecule has 2 fully saturated rings. The Bertz CT molecular complexity index is 802. The van der Waals surface area contributed by atoms with Crippen molar-refractivity contribution in [2.75, 3.05) is 31.7 Å². The minimum Gasteiger partial charge on any atom is -0.464 e. The predicted octanol–water partition coefficient (Wildman–Crippen LogP) is 3.53. The molecule has 0 saturated carbocycles. The van der Waals surface area contributed by atoms with Gasteiger partial charge in [0.1, 0.15) is 10.2 Å². The van der Waals surface area contributed by atoms with Crippen LogP contribution < -0.4 is 10.2 Å². The number of pyridine rings is 1. The molecule has 3 rings (SSSR count). The molecule has 2 saturated heterocycles. The van der Waals surface area contributed by atoms with Crippen LogP contribution in [0.3, 0.4) is 0 Å². The molecule has 1 spiro atoms. The smallest absolute Gasteiger partial charge is 0.407 e. The standard InChI is InChI=1S/C21H30BrN3O5/c1-13-17(24-19(27)30-20(2,3)4)21(12-29-13)8-10-25(11-9-21)14-6-7-15(22)23-16(14)18(26)28-5/h6-7,13,17H,8-12H2,1-5H3,(H,24,27)/t13-,17+/m0/s1. The molecule has 2 aliphatic rings. The van der Waals surface area contributed by atoms with Crippen LogP contribution in [-0.2, 0) is 14.2 Å². The van der Waals surface area contributed by atoms with Crippen LogP contribution in [0.1, 0.15) is 51.0 Å². The van der Waals surface area contributed by atoms with Gasteiger partial charge in [-0.25, -0.2) is 14.6 Å². The first-order valence-corrected chi connectivity index (χ1v) is 10.9. The van der Waals surface area contributed by atoms with Crippen molar-refractivity contribution in [3.05, 3.63) is 22.4 Å². The van der Waals surface area contributed by atoms with Gasteiger partial charge in [0.05, 0.1) is 31.5 Å². The van der Waals surface area contributed by atoms with Crippen LogP contribution in [-0.4, -0.2) is 61.6 Å². The Labute approximate surface area is 185 Å². The molecular weight excluding hydrogens is 454 g/mol. The van der Waals surface area contributed by atoms with E-state index in [0.29, 0.717) is 16.9 Å². The number of piperidine rings is 1. The fourth-order valence-corrected chi connectivity index (χ4v) is 4.57. The zero-order chi connectivity index (χ0) is 22.1. The summed E-state index contributed by atoms with van der Waals surface area (Å²) < 4.78 is 16.9. The van der Waals surface area contributed by atoms with Gasteiger partial charge in [-0.3, -0.25) is 0 Å². The Kier molecular flexibility index (Phi) is 6.62. The summed E-state index contributed by atoms with van der Waals surface area (Å²) in [4.78, 5) is 31.0. The summed E-state index contributed by atoms with van der Waals surface area (Å²) in [5.74, 6) is -0.464. The number of aromatic nitrogens is 1. The monoisotopic (exact) mass is 483 g/mol. The number of nitrogens with one attached hydrogen (secondary N) is 1. The highest BCUT2D eigenvalue weighted by Gasteiger charge is 2.50. The van der Waals surface area contributed by atoms with Crippen LogP contribution in [0.25, 0.3) is 0 Å². The molecule has 0 aromatic carbocycles. The van der Waals surface area contributed by atoms with E-state index in [-0.39, 0.29) is 17.6 Å². The SMILES string of the molecule is COC(=O)c1nc(Br)ccc1N1CCC2(CC1)CO[C@@H](C)[C@H]2NC(=O)OC(C)(C)C. The van der Waals surface area contributed by atoms with Crippen molar-refractivity contribution < 1.29 is 23.8 Å². The third kappa shape index (κ3) is 4.88. The number of carbonyl (C=O) groups is 2. The van der Waals surface area contributed by atoms with Gasteiger partial charge in [0, 0.05) is 18.5 Å². The molecule has 1 amide bonds. The maximum Gasteiger partial charge on any atom is 0.407 e. The van der Waals surface area contributed by atoms with Gasteiger partial charge in [-0.15, -0.1) is 0 Å². The van der Waals surface area contributed by atoms with Crippen molar-refractivity contribution in [3.8, 4) is 0 Å². The van der Waals surface area contributed by atoms with Crippen LogP contribution in [0, 0.1) is 5.41 Å². The lowest BCUT2D eigenvalue weighted by Gasteiger charge is -2.43. The van der Waals surface area contributed by atoms with Gasteiger partial charge >= 0.3 is 12.1 Å². The molecular formula is C21H30BrN3O5. The number of anilines is 1. The molecule has 1 aromatic heterocycles. The van der Waals surface area contributed by atoms with Gasteiger partial charge in [-0.05, 0) is 68.6 Å². The minimum absolute atomic E-state index is 0.0935. The summed E-state index contributed by atoms with van der Waals surface area (Å²) in [5, 5.41) is 3.05. The molecule has 3 heterocycles. The number of methoxy groups -OCH3 is 1. The molecule has 30 heavy (non-hydrogen) atoms. The lowest BCUT2D eigenvalue weighted by atomic mass is 9.73. The number of rotatable bonds is 3. The summed E-state index contributed by atoms with van der Waals surface area (Å²) in [7, 11) is 1.35. The van der Waals surface area contributed by atoms with Crippen molar-refractivity contribution in [1.82, 2.24) is 10.3 Å². The van der Waals surface area contributed by atoms with Crippen LogP contribution in [0.5, 0.6) is 0 Å². The number of alkyl carbamates (subject to hydrolysis) is 1. The van der Waals surface area contributed by atoms with Crippen LogP contribution in [0.15, 0.2) is 16.7 Å². The topological polar surface area (TPSA) is 90.0 Å². The van der Waals surface area contributed by atoms with E-state index in [2.05, 4.69) is 31.1 Å². The summed E-state index contributed by atoms with van der Waals surface area (Å²) in [6.07, 6.45) is 1.11. The van der Waals surface area contributed by atoms with Crippen LogP contribution in [0.4, 0.5) is 10.5 Å². The van der Waals surface area contributed by atoms with Crippen molar-refractivity contribution >= 4 is 33.7 Å². The molecule has 1 N–H and O–H groups in total. The van der Waals surface area contributed by atoms with E-state index in [4.69, 9.17) is 14.2 Å². The number of halogens is 1. The van der Waals surface area contributed by atoms with E-state index in [1.807, 2.05) is 39.8 Å². The van der Waals surface area contributed by atoms with Gasteiger partial charge in [-0.1, -0.05) is 0 Å². The highest BCUT2D eigenvalue weighted by molar-refractivity contribution is 9.10. The van der Waals surface area contributed by atoms with E-state index >= 15 is 0 Å². The third-order valence-electron chi connectivity index (χ3n) is 5.75. The van der Waals surface area contributed by atoms with Crippen LogP contribution >= 0.6 is 15.9 Å². The Morgan fingerprint density at radius 2 is 1.97 bits per heavy atom. The van der Waals surface area contributed by atoms with Crippen molar-refractivity contribution in [3.63, 3.8) is 0 Å². The van der Waals surface area contributed by atoms with Crippen molar-refractivity contribution in [1.29, 1.82) is 0 Å². The first kappa shape index (κ1) is 22.8. The predicted molar refractivity (Wildman–Crippen MR) is 116 cm³/mol.